The van der Waals surface area contributed by atoms with Crippen LogP contribution in [0.3, 0.4) is 0 Å². The Morgan fingerprint density at radius 2 is 2.11 bits per heavy atom. The van der Waals surface area contributed by atoms with Crippen LogP contribution in [-0.4, -0.2) is 38.5 Å². The minimum absolute atomic E-state index is 0.366. The third kappa shape index (κ3) is 5.05. The second-order valence-electron chi connectivity index (χ2n) is 6.80. The van der Waals surface area contributed by atoms with Crippen molar-refractivity contribution in [2.75, 3.05) is 26.4 Å². The number of nitrogens with one attached hydrogen (secondary N) is 1. The quantitative estimate of drug-likeness (QED) is 0.720. The molecule has 1 aliphatic heterocycles. The van der Waals surface area contributed by atoms with Crippen molar-refractivity contribution in [3.63, 3.8) is 0 Å². The van der Waals surface area contributed by atoms with Crippen molar-refractivity contribution in [3.05, 3.63) is 0 Å². The Morgan fingerprint density at radius 3 is 2.84 bits per heavy atom. The van der Waals surface area contributed by atoms with Crippen LogP contribution in [0.1, 0.15) is 58.8 Å². The van der Waals surface area contributed by atoms with Crippen LogP contribution in [-0.2, 0) is 9.47 Å². The monoisotopic (exact) mass is 269 g/mol. The molecule has 3 nitrogen and oxygen atoms in total. The second kappa shape index (κ2) is 7.61. The SMILES string of the molecule is CC1(C)CCCCC1NCCCOCC1CCCO1. The molecule has 2 fully saturated rings. The van der Waals surface area contributed by atoms with E-state index >= 15 is 0 Å². The molecule has 2 aliphatic rings. The van der Waals surface area contributed by atoms with E-state index in [0.717, 1.165) is 32.8 Å². The van der Waals surface area contributed by atoms with E-state index in [1.165, 1.54) is 38.5 Å². The van der Waals surface area contributed by atoms with Crippen LogP contribution in [0.4, 0.5) is 0 Å². The molecule has 112 valence electrons. The Hall–Kier alpha value is -0.120. The van der Waals surface area contributed by atoms with Crippen molar-refractivity contribution in [1.29, 1.82) is 0 Å². The Labute approximate surface area is 118 Å². The summed E-state index contributed by atoms with van der Waals surface area (Å²) >= 11 is 0. The van der Waals surface area contributed by atoms with Crippen LogP contribution in [0.15, 0.2) is 0 Å². The zero-order chi connectivity index (χ0) is 13.6. The smallest absolute Gasteiger partial charge is 0.0809 e. The van der Waals surface area contributed by atoms with Gasteiger partial charge in [-0.15, -0.1) is 0 Å². The number of hydrogen-bond donors (Lipinski definition) is 1. The molecular weight excluding hydrogens is 238 g/mol. The highest BCUT2D eigenvalue weighted by Crippen LogP contribution is 2.35. The molecule has 19 heavy (non-hydrogen) atoms. The van der Waals surface area contributed by atoms with E-state index in [9.17, 15) is 0 Å². The van der Waals surface area contributed by atoms with Gasteiger partial charge in [-0.25, -0.2) is 0 Å². The lowest BCUT2D eigenvalue weighted by molar-refractivity contribution is 0.0161. The molecule has 1 saturated heterocycles. The molecule has 1 N–H and O–H groups in total. The normalized spacial score (nSPS) is 30.6. The van der Waals surface area contributed by atoms with Gasteiger partial charge in [0.25, 0.3) is 0 Å². The lowest BCUT2D eigenvalue weighted by atomic mass is 9.73. The van der Waals surface area contributed by atoms with E-state index in [-0.39, 0.29) is 0 Å². The fourth-order valence-corrected chi connectivity index (χ4v) is 3.31. The third-order valence-electron chi connectivity index (χ3n) is 4.69. The molecule has 0 aromatic carbocycles. The maximum absolute atomic E-state index is 5.69. The summed E-state index contributed by atoms with van der Waals surface area (Å²) in [6, 6.07) is 0.694. The summed E-state index contributed by atoms with van der Waals surface area (Å²) in [6.07, 6.45) is 9.33. The van der Waals surface area contributed by atoms with E-state index in [4.69, 9.17) is 9.47 Å². The standard InChI is InChI=1S/C16H31NO2/c1-16(2)9-4-3-8-15(16)17-10-6-11-18-13-14-7-5-12-19-14/h14-15,17H,3-13H2,1-2H3. The summed E-state index contributed by atoms with van der Waals surface area (Å²) in [5.41, 5.74) is 0.469. The van der Waals surface area contributed by atoms with Gasteiger partial charge in [-0.3, -0.25) is 0 Å². The van der Waals surface area contributed by atoms with Crippen molar-refractivity contribution in [3.8, 4) is 0 Å². The Kier molecular flexibility index (Phi) is 6.11. The molecule has 1 saturated carbocycles. The molecule has 0 amide bonds. The molecule has 3 heteroatoms. The first kappa shape index (κ1) is 15.3. The summed E-state index contributed by atoms with van der Waals surface area (Å²) in [6.45, 7) is 8.45. The summed E-state index contributed by atoms with van der Waals surface area (Å²) < 4.78 is 11.2. The molecule has 0 aromatic rings. The fourth-order valence-electron chi connectivity index (χ4n) is 3.31. The molecule has 2 unspecified atom stereocenters. The van der Waals surface area contributed by atoms with Gasteiger partial charge in [0.15, 0.2) is 0 Å². The molecule has 2 rings (SSSR count). The van der Waals surface area contributed by atoms with Crippen LogP contribution >= 0.6 is 0 Å². The summed E-state index contributed by atoms with van der Waals surface area (Å²) in [5.74, 6) is 0. The van der Waals surface area contributed by atoms with Gasteiger partial charge in [0.1, 0.15) is 0 Å². The molecular formula is C16H31NO2. The Bertz CT molecular complexity index is 249. The van der Waals surface area contributed by atoms with Gasteiger partial charge in [-0.05, 0) is 44.1 Å². The lowest BCUT2D eigenvalue weighted by Gasteiger charge is -2.39. The highest BCUT2D eigenvalue weighted by Gasteiger charge is 2.31. The average molecular weight is 269 g/mol. The minimum Gasteiger partial charge on any atom is -0.379 e. The van der Waals surface area contributed by atoms with Crippen molar-refractivity contribution >= 4 is 0 Å². The first-order valence-electron chi connectivity index (χ1n) is 8.11. The summed E-state index contributed by atoms with van der Waals surface area (Å²) in [4.78, 5) is 0. The molecule has 1 aliphatic carbocycles. The van der Waals surface area contributed by atoms with Gasteiger partial charge in [0, 0.05) is 19.3 Å². The maximum Gasteiger partial charge on any atom is 0.0809 e. The first-order valence-corrected chi connectivity index (χ1v) is 8.11. The van der Waals surface area contributed by atoms with Crippen molar-refractivity contribution in [1.82, 2.24) is 5.32 Å². The van der Waals surface area contributed by atoms with Crippen LogP contribution in [0.5, 0.6) is 0 Å². The van der Waals surface area contributed by atoms with Crippen LogP contribution < -0.4 is 5.32 Å². The van der Waals surface area contributed by atoms with Crippen LogP contribution in [0.2, 0.25) is 0 Å². The fraction of sp³-hybridized carbons (Fsp3) is 1.00. The van der Waals surface area contributed by atoms with Crippen molar-refractivity contribution in [2.24, 2.45) is 5.41 Å². The largest absolute Gasteiger partial charge is 0.379 e. The number of rotatable bonds is 7. The topological polar surface area (TPSA) is 30.5 Å². The Balaban J connectivity index is 1.49. The summed E-state index contributed by atoms with van der Waals surface area (Å²) in [5, 5.41) is 3.73. The first-order chi connectivity index (χ1) is 9.18. The maximum atomic E-state index is 5.69. The highest BCUT2D eigenvalue weighted by atomic mass is 16.5. The van der Waals surface area contributed by atoms with Gasteiger partial charge in [-0.1, -0.05) is 26.7 Å². The van der Waals surface area contributed by atoms with Crippen molar-refractivity contribution < 1.29 is 9.47 Å². The van der Waals surface area contributed by atoms with E-state index < -0.39 is 0 Å². The van der Waals surface area contributed by atoms with Gasteiger partial charge >= 0.3 is 0 Å². The van der Waals surface area contributed by atoms with Crippen molar-refractivity contribution in [2.45, 2.75) is 70.9 Å². The number of hydrogen-bond acceptors (Lipinski definition) is 3. The predicted octanol–water partition coefficient (Wildman–Crippen LogP) is 3.13. The van der Waals surface area contributed by atoms with Gasteiger partial charge < -0.3 is 14.8 Å². The van der Waals surface area contributed by atoms with Crippen LogP contribution in [0.25, 0.3) is 0 Å². The molecule has 1 heterocycles. The zero-order valence-corrected chi connectivity index (χ0v) is 12.7. The number of ether oxygens (including phenoxy) is 2. The van der Waals surface area contributed by atoms with E-state index in [0.29, 0.717) is 17.6 Å². The molecule has 0 bridgehead atoms. The second-order valence-corrected chi connectivity index (χ2v) is 6.80. The van der Waals surface area contributed by atoms with Crippen LogP contribution in [0, 0.1) is 5.41 Å². The zero-order valence-electron chi connectivity index (χ0n) is 12.7. The van der Waals surface area contributed by atoms with Gasteiger partial charge in [-0.2, -0.15) is 0 Å². The molecule has 0 aromatic heterocycles. The molecule has 2 atom stereocenters. The van der Waals surface area contributed by atoms with E-state index in [2.05, 4.69) is 19.2 Å². The molecule has 0 radical (unpaired) electrons. The summed E-state index contributed by atoms with van der Waals surface area (Å²) in [7, 11) is 0. The lowest BCUT2D eigenvalue weighted by Crippen LogP contribution is -2.44. The predicted molar refractivity (Wildman–Crippen MR) is 78.4 cm³/mol. The average Bonchev–Trinajstić information content (AvgIpc) is 2.88. The third-order valence-corrected chi connectivity index (χ3v) is 4.69. The highest BCUT2D eigenvalue weighted by molar-refractivity contribution is 4.87. The Morgan fingerprint density at radius 1 is 1.21 bits per heavy atom. The van der Waals surface area contributed by atoms with Gasteiger partial charge in [0.05, 0.1) is 12.7 Å². The van der Waals surface area contributed by atoms with E-state index in [1.54, 1.807) is 0 Å². The van der Waals surface area contributed by atoms with E-state index in [1.807, 2.05) is 0 Å². The molecule has 0 spiro atoms. The van der Waals surface area contributed by atoms with Gasteiger partial charge in [0.2, 0.25) is 0 Å². The minimum atomic E-state index is 0.366.